The van der Waals surface area contributed by atoms with Crippen molar-refractivity contribution in [3.05, 3.63) is 35.9 Å². The highest BCUT2D eigenvalue weighted by atomic mass is 32.2. The third-order valence-corrected chi connectivity index (χ3v) is 6.66. The van der Waals surface area contributed by atoms with E-state index in [2.05, 4.69) is 5.32 Å². The van der Waals surface area contributed by atoms with Gasteiger partial charge in [-0.2, -0.15) is 0 Å². The van der Waals surface area contributed by atoms with E-state index < -0.39 is 0 Å². The molecule has 1 saturated carbocycles. The molecule has 1 saturated heterocycles. The minimum Gasteiger partial charge on any atom is -0.354 e. The fourth-order valence-electron chi connectivity index (χ4n) is 3.87. The highest BCUT2D eigenvalue weighted by Crippen LogP contribution is 2.41. The molecule has 2 fully saturated rings. The lowest BCUT2D eigenvalue weighted by atomic mass is 9.88. The van der Waals surface area contributed by atoms with Crippen LogP contribution in [0.15, 0.2) is 30.3 Å². The molecule has 5 heteroatoms. The van der Waals surface area contributed by atoms with E-state index in [4.69, 9.17) is 0 Å². The molecule has 25 heavy (non-hydrogen) atoms. The van der Waals surface area contributed by atoms with Gasteiger partial charge in [0.05, 0.1) is 5.37 Å². The lowest BCUT2D eigenvalue weighted by molar-refractivity contribution is -0.125. The van der Waals surface area contributed by atoms with Crippen molar-refractivity contribution >= 4 is 23.6 Å². The minimum absolute atomic E-state index is 0.00202. The second-order valence-electron chi connectivity index (χ2n) is 7.01. The second-order valence-corrected chi connectivity index (χ2v) is 8.16. The van der Waals surface area contributed by atoms with Gasteiger partial charge in [-0.1, -0.05) is 44.4 Å². The summed E-state index contributed by atoms with van der Waals surface area (Å²) in [6.45, 7) is 2.71. The molecule has 1 heterocycles. The monoisotopic (exact) mass is 360 g/mol. The fourth-order valence-corrected chi connectivity index (χ4v) is 5.50. The third-order valence-electron chi connectivity index (χ3n) is 5.20. The van der Waals surface area contributed by atoms with Crippen molar-refractivity contribution in [1.82, 2.24) is 10.2 Å². The van der Waals surface area contributed by atoms with Crippen LogP contribution in [-0.2, 0) is 4.79 Å². The number of benzene rings is 1. The molecular weight excluding hydrogens is 332 g/mol. The maximum Gasteiger partial charge on any atom is 0.255 e. The van der Waals surface area contributed by atoms with Crippen LogP contribution in [0, 0.1) is 5.92 Å². The van der Waals surface area contributed by atoms with Gasteiger partial charge in [-0.15, -0.1) is 11.8 Å². The van der Waals surface area contributed by atoms with E-state index >= 15 is 0 Å². The maximum absolute atomic E-state index is 13.2. The molecular formula is C20H28N2O2S. The average Bonchev–Trinajstić information content (AvgIpc) is 3.12. The smallest absolute Gasteiger partial charge is 0.255 e. The highest BCUT2D eigenvalue weighted by Gasteiger charge is 2.44. The molecule has 1 aromatic rings. The van der Waals surface area contributed by atoms with Gasteiger partial charge in [0.15, 0.2) is 0 Å². The van der Waals surface area contributed by atoms with Crippen molar-refractivity contribution in [3.8, 4) is 0 Å². The Morgan fingerprint density at radius 1 is 1.16 bits per heavy atom. The lowest BCUT2D eigenvalue weighted by Crippen LogP contribution is -2.51. The number of nitrogens with one attached hydrogen (secondary N) is 1. The molecule has 3 rings (SSSR count). The Labute approximate surface area is 154 Å². The van der Waals surface area contributed by atoms with Crippen LogP contribution >= 0.6 is 11.8 Å². The van der Waals surface area contributed by atoms with Crippen molar-refractivity contribution in [2.75, 3.05) is 12.3 Å². The summed E-state index contributed by atoms with van der Waals surface area (Å²) >= 11 is 1.79. The minimum atomic E-state index is -0.351. The van der Waals surface area contributed by atoms with E-state index in [-0.39, 0.29) is 23.2 Å². The van der Waals surface area contributed by atoms with Crippen LogP contribution in [0.25, 0.3) is 0 Å². The first-order valence-corrected chi connectivity index (χ1v) is 10.5. The molecule has 136 valence electrons. The zero-order valence-electron chi connectivity index (χ0n) is 14.9. The topological polar surface area (TPSA) is 49.4 Å². The van der Waals surface area contributed by atoms with Crippen molar-refractivity contribution in [1.29, 1.82) is 0 Å². The molecule has 1 N–H and O–H groups in total. The summed E-state index contributed by atoms with van der Waals surface area (Å²) in [4.78, 5) is 27.8. The normalized spacial score (nSPS) is 24.3. The number of hydrogen-bond donors (Lipinski definition) is 1. The summed E-state index contributed by atoms with van der Waals surface area (Å²) in [5, 5.41) is 3.12. The fraction of sp³-hybridized carbons (Fsp3) is 0.600. The molecule has 1 aromatic carbocycles. The van der Waals surface area contributed by atoms with Crippen LogP contribution < -0.4 is 5.32 Å². The SMILES string of the molecule is CCCNC(=O)[C@H]1CS[C@@H](C2CCCCC2)N1C(=O)c1ccccc1. The predicted molar refractivity (Wildman–Crippen MR) is 103 cm³/mol. The third kappa shape index (κ3) is 4.20. The van der Waals surface area contributed by atoms with Crippen molar-refractivity contribution < 1.29 is 9.59 Å². The maximum atomic E-state index is 13.2. The lowest BCUT2D eigenvalue weighted by Gasteiger charge is -2.35. The zero-order chi connectivity index (χ0) is 17.6. The molecule has 2 atom stereocenters. The second kappa shape index (κ2) is 8.75. The molecule has 1 aliphatic heterocycles. The Morgan fingerprint density at radius 3 is 2.56 bits per heavy atom. The summed E-state index contributed by atoms with van der Waals surface area (Å²) in [7, 11) is 0. The molecule has 0 bridgehead atoms. The molecule has 0 spiro atoms. The van der Waals surface area contributed by atoms with E-state index in [9.17, 15) is 9.59 Å². The van der Waals surface area contributed by atoms with Gasteiger partial charge < -0.3 is 10.2 Å². The number of amides is 2. The molecule has 0 unspecified atom stereocenters. The molecule has 0 aromatic heterocycles. The summed E-state index contributed by atoms with van der Waals surface area (Å²) in [6, 6.07) is 9.04. The molecule has 2 amide bonds. The molecule has 0 radical (unpaired) electrons. The number of nitrogens with zero attached hydrogens (tertiary/aromatic N) is 1. The Balaban J connectivity index is 1.83. The first-order chi connectivity index (χ1) is 12.2. The molecule has 1 aliphatic carbocycles. The van der Waals surface area contributed by atoms with Gasteiger partial charge in [0.25, 0.3) is 5.91 Å². The van der Waals surface area contributed by atoms with E-state index in [1.165, 1.54) is 32.1 Å². The van der Waals surface area contributed by atoms with Gasteiger partial charge in [0.2, 0.25) is 5.91 Å². The highest BCUT2D eigenvalue weighted by molar-refractivity contribution is 8.00. The first kappa shape index (κ1) is 18.3. The summed E-state index contributed by atoms with van der Waals surface area (Å²) in [6.07, 6.45) is 7.01. The largest absolute Gasteiger partial charge is 0.354 e. The Hall–Kier alpha value is -1.49. The number of carbonyl (C=O) groups excluding carboxylic acids is 2. The quantitative estimate of drug-likeness (QED) is 0.871. The Bertz CT molecular complexity index is 587. The average molecular weight is 361 g/mol. The van der Waals surface area contributed by atoms with Gasteiger partial charge in [-0.25, -0.2) is 0 Å². The van der Waals surface area contributed by atoms with Gasteiger partial charge in [0, 0.05) is 17.9 Å². The van der Waals surface area contributed by atoms with Gasteiger partial charge in [-0.05, 0) is 37.3 Å². The van der Waals surface area contributed by atoms with Crippen LogP contribution in [0.4, 0.5) is 0 Å². The van der Waals surface area contributed by atoms with E-state index in [0.29, 0.717) is 23.8 Å². The van der Waals surface area contributed by atoms with E-state index in [0.717, 1.165) is 6.42 Å². The van der Waals surface area contributed by atoms with E-state index in [1.807, 2.05) is 42.2 Å². The van der Waals surface area contributed by atoms with Gasteiger partial charge in [-0.3, -0.25) is 9.59 Å². The van der Waals surface area contributed by atoms with Crippen LogP contribution in [0.5, 0.6) is 0 Å². The predicted octanol–water partition coefficient (Wildman–Crippen LogP) is 3.68. The molecule has 2 aliphatic rings. The number of thioether (sulfide) groups is 1. The van der Waals surface area contributed by atoms with Crippen molar-refractivity contribution in [2.24, 2.45) is 5.92 Å². The van der Waals surface area contributed by atoms with Crippen LogP contribution in [-0.4, -0.2) is 40.4 Å². The number of carbonyl (C=O) groups is 2. The van der Waals surface area contributed by atoms with Crippen molar-refractivity contribution in [2.45, 2.75) is 56.9 Å². The Kier molecular flexibility index (Phi) is 6.40. The number of rotatable bonds is 5. The standard InChI is InChI=1S/C20H28N2O2S/c1-2-13-21-18(23)17-14-25-20(16-11-7-4-8-12-16)22(17)19(24)15-9-5-3-6-10-15/h3,5-6,9-10,16-17,20H,2,4,7-8,11-14H2,1H3,(H,21,23)/t17-,20+/m1/s1. The van der Waals surface area contributed by atoms with Crippen LogP contribution in [0.1, 0.15) is 55.8 Å². The van der Waals surface area contributed by atoms with Gasteiger partial charge in [0.1, 0.15) is 6.04 Å². The zero-order valence-corrected chi connectivity index (χ0v) is 15.8. The van der Waals surface area contributed by atoms with E-state index in [1.54, 1.807) is 11.8 Å². The summed E-state index contributed by atoms with van der Waals surface area (Å²) < 4.78 is 0. The number of hydrogen-bond acceptors (Lipinski definition) is 3. The van der Waals surface area contributed by atoms with Gasteiger partial charge >= 0.3 is 0 Å². The van der Waals surface area contributed by atoms with Crippen LogP contribution in [0.2, 0.25) is 0 Å². The molecule has 4 nitrogen and oxygen atoms in total. The summed E-state index contributed by atoms with van der Waals surface area (Å²) in [5.74, 6) is 1.21. The van der Waals surface area contributed by atoms with Crippen LogP contribution in [0.3, 0.4) is 0 Å². The van der Waals surface area contributed by atoms with Crippen molar-refractivity contribution in [3.63, 3.8) is 0 Å². The first-order valence-electron chi connectivity index (χ1n) is 9.49. The Morgan fingerprint density at radius 2 is 1.88 bits per heavy atom. The summed E-state index contributed by atoms with van der Waals surface area (Å²) in [5.41, 5.74) is 0.680.